The summed E-state index contributed by atoms with van der Waals surface area (Å²) >= 11 is 0. The zero-order valence-corrected chi connectivity index (χ0v) is 47.6. The van der Waals surface area contributed by atoms with E-state index in [-0.39, 0.29) is 59.4 Å². The normalized spacial score (nSPS) is 52.7. The Hall–Kier alpha value is -1.83. The highest BCUT2D eigenvalue weighted by molar-refractivity contribution is 5.87. The lowest BCUT2D eigenvalue weighted by atomic mass is 9.44. The molecule has 0 spiro atoms. The van der Waals surface area contributed by atoms with Crippen molar-refractivity contribution in [3.63, 3.8) is 0 Å². The molecule has 6 heterocycles. The lowest BCUT2D eigenvalue weighted by Gasteiger charge is -2.60. The second kappa shape index (κ2) is 26.2. The predicted molar refractivity (Wildman–Crippen MR) is 277 cm³/mol. The van der Waals surface area contributed by atoms with Gasteiger partial charge < -0.3 is 134 Å². The summed E-state index contributed by atoms with van der Waals surface area (Å²) in [4.78, 5) is 14.8. The molecule has 16 N–H and O–H groups in total. The maximum atomic E-state index is 14.8. The molecule has 0 aromatic rings. The van der Waals surface area contributed by atoms with Gasteiger partial charge in [-0.15, -0.1) is 0 Å². The molecule has 10 rings (SSSR count). The number of carbonyl (C=O) groups excluding carboxylic acids is 1. The van der Waals surface area contributed by atoms with E-state index in [4.69, 9.17) is 52.1 Å². The van der Waals surface area contributed by atoms with E-state index < -0.39 is 192 Å². The fourth-order valence-electron chi connectivity index (χ4n) is 16.0. The molecular formula is C56H90O28. The summed E-state index contributed by atoms with van der Waals surface area (Å²) in [6.07, 6.45) is -35.2. The van der Waals surface area contributed by atoms with Crippen LogP contribution in [0.5, 0.6) is 0 Å². The first-order valence-electron chi connectivity index (χ1n) is 29.9. The molecule has 6 aliphatic heterocycles. The Balaban J connectivity index is 0.772. The van der Waals surface area contributed by atoms with Crippen molar-refractivity contribution < 1.29 is 139 Å². The number of fused-ring (bicyclic) bond motifs is 7. The number of Topliss-reactive ketones (excluding diaryl/α,β-unsaturated/α-hetero) is 1. The first-order valence-corrected chi connectivity index (χ1v) is 29.9. The maximum Gasteiger partial charge on any atom is 0.187 e. The molecule has 0 radical (unpaired) electrons. The van der Waals surface area contributed by atoms with Crippen LogP contribution in [0.2, 0.25) is 0 Å². The second-order valence-electron chi connectivity index (χ2n) is 25.9. The largest absolute Gasteiger partial charge is 0.494 e. The average Bonchev–Trinajstić information content (AvgIpc) is 1.62. The van der Waals surface area contributed by atoms with Crippen molar-refractivity contribution in [3.05, 3.63) is 11.3 Å². The summed E-state index contributed by atoms with van der Waals surface area (Å²) in [5.41, 5.74) is 0.257. The van der Waals surface area contributed by atoms with E-state index in [1.54, 1.807) is 0 Å². The minimum absolute atomic E-state index is 0.0153. The Bertz CT molecular complexity index is 2250. The van der Waals surface area contributed by atoms with Crippen LogP contribution in [0.1, 0.15) is 85.5 Å². The Morgan fingerprint density at radius 1 is 0.571 bits per heavy atom. The second-order valence-corrected chi connectivity index (χ2v) is 25.9. The number of allylic oxidation sites excluding steroid dienone is 1. The Morgan fingerprint density at radius 3 is 1.80 bits per heavy atom. The number of carbonyl (C=O) groups is 1. The van der Waals surface area contributed by atoms with E-state index in [0.29, 0.717) is 38.5 Å². The van der Waals surface area contributed by atoms with Crippen molar-refractivity contribution >= 4 is 5.78 Å². The van der Waals surface area contributed by atoms with Crippen LogP contribution in [0.3, 0.4) is 0 Å². The highest BCUT2D eigenvalue weighted by atomic mass is 16.8. The first kappa shape index (κ1) is 65.1. The molecule has 0 aromatic carbocycles. The van der Waals surface area contributed by atoms with Crippen molar-refractivity contribution in [2.24, 2.45) is 46.3 Å². The Labute approximate surface area is 485 Å². The number of aliphatic hydroxyl groups excluding tert-OH is 16. The summed E-state index contributed by atoms with van der Waals surface area (Å²) in [7, 11) is 0. The van der Waals surface area contributed by atoms with Gasteiger partial charge in [0.1, 0.15) is 128 Å². The number of hydrogen-bond donors (Lipinski definition) is 16. The molecule has 34 atom stereocenters. The van der Waals surface area contributed by atoms with Crippen LogP contribution in [-0.4, -0.2) is 287 Å². The molecule has 10 aliphatic rings. The third kappa shape index (κ3) is 11.8. The van der Waals surface area contributed by atoms with Gasteiger partial charge in [-0.25, -0.2) is 0 Å². The van der Waals surface area contributed by atoms with Crippen molar-refractivity contribution in [2.45, 2.75) is 245 Å². The van der Waals surface area contributed by atoms with Crippen LogP contribution in [0.4, 0.5) is 0 Å². The van der Waals surface area contributed by atoms with Crippen molar-refractivity contribution in [2.75, 3.05) is 39.6 Å². The topological polar surface area (TPSA) is 442 Å². The molecule has 84 heavy (non-hydrogen) atoms. The summed E-state index contributed by atoms with van der Waals surface area (Å²) in [5, 5.41) is 170. The molecule has 4 saturated carbocycles. The van der Waals surface area contributed by atoms with Gasteiger partial charge in [0, 0.05) is 24.2 Å². The Kier molecular flexibility index (Phi) is 20.3. The lowest BCUT2D eigenvalue weighted by molar-refractivity contribution is -0.404. The third-order valence-electron chi connectivity index (χ3n) is 21.1. The first-order chi connectivity index (χ1) is 39.9. The summed E-state index contributed by atoms with van der Waals surface area (Å²) in [5.74, 6) is 1.66. The van der Waals surface area contributed by atoms with Gasteiger partial charge in [0.25, 0.3) is 0 Å². The van der Waals surface area contributed by atoms with E-state index in [9.17, 15) is 86.5 Å². The highest BCUT2D eigenvalue weighted by Gasteiger charge is 2.68. The summed E-state index contributed by atoms with van der Waals surface area (Å²) < 4.78 is 65.8. The van der Waals surface area contributed by atoms with E-state index in [2.05, 4.69) is 20.8 Å². The van der Waals surface area contributed by atoms with Gasteiger partial charge in [-0.2, -0.15) is 0 Å². The molecule has 0 aromatic heterocycles. The van der Waals surface area contributed by atoms with Crippen LogP contribution in [0, 0.1) is 46.3 Å². The van der Waals surface area contributed by atoms with Crippen molar-refractivity contribution in [1.29, 1.82) is 0 Å². The van der Waals surface area contributed by atoms with Gasteiger partial charge in [0.05, 0.1) is 51.5 Å². The Morgan fingerprint density at radius 2 is 1.13 bits per heavy atom. The van der Waals surface area contributed by atoms with Gasteiger partial charge >= 0.3 is 0 Å². The fraction of sp³-hybridized carbons (Fsp3) is 0.946. The zero-order chi connectivity index (χ0) is 60.6. The molecule has 9 fully saturated rings. The molecule has 0 bridgehead atoms. The minimum atomic E-state index is -2.03. The number of rotatable bonds is 18. The van der Waals surface area contributed by atoms with Crippen LogP contribution >= 0.6 is 0 Å². The van der Waals surface area contributed by atoms with Crippen molar-refractivity contribution in [1.82, 2.24) is 0 Å². The smallest absolute Gasteiger partial charge is 0.187 e. The fourth-order valence-corrected chi connectivity index (χ4v) is 16.0. The minimum Gasteiger partial charge on any atom is -0.494 e. The van der Waals surface area contributed by atoms with Crippen LogP contribution < -0.4 is 0 Å². The zero-order valence-electron chi connectivity index (χ0n) is 47.6. The van der Waals surface area contributed by atoms with Crippen LogP contribution in [0.15, 0.2) is 11.3 Å². The SMILES string of the molecule is CC1=C(CCC(C)CO[C@@H]2O[C@H](CO)[C@@H](O)[C@H](O)[C@H]2O)OC2CC3C4CCC5C[C@@H](O[C@@H]6O[C@H](CO)[C@@H](O[C@@H]7O[C@H](CO)[C@@H](O)[C@H](O[C@@H]8OC[C@@H](O)[C@H](O)[C@H]8O)[C@H]7O[C@@H]7O[C@H](CO)[C@H](O)[C@H](O)[C@H]7O)[C@H](O)[C@H]6O)CC[C@]5(C)C4CC(=O)[C@]3(C)C12. The quantitative estimate of drug-likeness (QED) is 0.0570. The predicted octanol–water partition coefficient (Wildman–Crippen LogP) is -5.36. The van der Waals surface area contributed by atoms with Crippen LogP contribution in [-0.2, 0) is 56.9 Å². The molecule has 28 heteroatoms. The number of aliphatic hydroxyl groups is 16. The van der Waals surface area contributed by atoms with Crippen molar-refractivity contribution in [3.8, 4) is 0 Å². The maximum absolute atomic E-state index is 14.8. The molecule has 4 aliphatic carbocycles. The van der Waals surface area contributed by atoms with Gasteiger partial charge in [-0.1, -0.05) is 20.8 Å². The molecule has 28 nitrogen and oxygen atoms in total. The standard InChI is InChI=1S/C56H90O28/c1-20(18-74-50-44(71)40(67)37(64)30(14-57)78-50)5-8-28-21(2)35-29(77-28)12-26-24-7-6-22-11-23(9-10-55(22,3)25(24)13-34(62)56(26,35)4)76-52-46(73)42(69)47(33(17-60)81-52)82-54-49(84-53-45(72)41(68)38(65)31(15-58)79-53)48(39(66)32(16-59)80-54)83-51-43(70)36(63)27(61)19-75-51/h20,22-27,29-33,35-54,57-61,63-73H,5-19H2,1-4H3/t20?,22?,23-,24?,25?,26?,27+,29?,30+,31+,32+,33+,35?,36-,37+,38-,39+,40-,41-,42+,43+,44+,45+,46+,47+,48-,49+,50+,51-,52+,53-,54-,55-,56+/m0/s1. The van der Waals surface area contributed by atoms with Crippen LogP contribution in [0.25, 0.3) is 0 Å². The third-order valence-corrected chi connectivity index (χ3v) is 21.1. The summed E-state index contributed by atoms with van der Waals surface area (Å²) in [6.45, 7) is 4.94. The summed E-state index contributed by atoms with van der Waals surface area (Å²) in [6, 6.07) is 0. The molecular weight excluding hydrogens is 1120 g/mol. The monoisotopic (exact) mass is 1210 g/mol. The van der Waals surface area contributed by atoms with Gasteiger partial charge in [0.2, 0.25) is 0 Å². The van der Waals surface area contributed by atoms with Gasteiger partial charge in [0.15, 0.2) is 31.5 Å². The highest BCUT2D eigenvalue weighted by Crippen LogP contribution is 2.69. The van der Waals surface area contributed by atoms with E-state index in [1.165, 1.54) is 0 Å². The molecule has 482 valence electrons. The number of hydrogen-bond acceptors (Lipinski definition) is 28. The number of ketones is 1. The van der Waals surface area contributed by atoms with E-state index >= 15 is 0 Å². The average molecular weight is 1210 g/mol. The molecule has 0 amide bonds. The lowest BCUT2D eigenvalue weighted by Crippen LogP contribution is -2.68. The molecule has 7 unspecified atom stereocenters. The van der Waals surface area contributed by atoms with E-state index in [1.807, 2.05) is 6.92 Å². The molecule has 5 saturated heterocycles. The van der Waals surface area contributed by atoms with E-state index in [0.717, 1.165) is 30.6 Å². The van der Waals surface area contributed by atoms with Gasteiger partial charge in [-0.05, 0) is 92.4 Å². The van der Waals surface area contributed by atoms with Gasteiger partial charge in [-0.3, -0.25) is 4.79 Å². The number of ether oxygens (including phenoxy) is 11.